The SMILES string of the molecule is CCCNC(CSCC)Cc1ccc(F)c(Br)c1. The minimum atomic E-state index is -0.195. The van der Waals surface area contributed by atoms with Crippen LogP contribution in [0.15, 0.2) is 22.7 Å². The first kappa shape index (κ1) is 16.0. The van der Waals surface area contributed by atoms with Crippen LogP contribution in [-0.2, 0) is 6.42 Å². The second-order valence-electron chi connectivity index (χ2n) is 4.26. The van der Waals surface area contributed by atoms with Crippen LogP contribution in [0.2, 0.25) is 0 Å². The van der Waals surface area contributed by atoms with Crippen molar-refractivity contribution >= 4 is 27.7 Å². The second kappa shape index (κ2) is 8.94. The Morgan fingerprint density at radius 1 is 1.39 bits per heavy atom. The molecule has 0 fully saturated rings. The molecule has 0 aliphatic heterocycles. The van der Waals surface area contributed by atoms with Crippen molar-refractivity contribution in [3.63, 3.8) is 0 Å². The maximum atomic E-state index is 13.2. The number of hydrogen-bond donors (Lipinski definition) is 1. The molecule has 1 aromatic carbocycles. The van der Waals surface area contributed by atoms with Gasteiger partial charge in [-0.1, -0.05) is 19.9 Å². The van der Waals surface area contributed by atoms with E-state index in [-0.39, 0.29) is 5.82 Å². The molecule has 4 heteroatoms. The molecule has 0 aromatic heterocycles. The highest BCUT2D eigenvalue weighted by atomic mass is 79.9. The van der Waals surface area contributed by atoms with E-state index in [9.17, 15) is 4.39 Å². The van der Waals surface area contributed by atoms with Gasteiger partial charge in [0.2, 0.25) is 0 Å². The predicted octanol–water partition coefficient (Wildman–Crippen LogP) is 4.25. The summed E-state index contributed by atoms with van der Waals surface area (Å²) in [5.41, 5.74) is 1.17. The van der Waals surface area contributed by atoms with E-state index >= 15 is 0 Å². The maximum absolute atomic E-state index is 13.2. The molecule has 1 N–H and O–H groups in total. The zero-order valence-electron chi connectivity index (χ0n) is 11.0. The van der Waals surface area contributed by atoms with E-state index in [4.69, 9.17) is 0 Å². The molecule has 0 saturated carbocycles. The number of benzene rings is 1. The number of halogens is 2. The monoisotopic (exact) mass is 333 g/mol. The van der Waals surface area contributed by atoms with E-state index in [1.807, 2.05) is 23.9 Å². The second-order valence-corrected chi connectivity index (χ2v) is 6.44. The summed E-state index contributed by atoms with van der Waals surface area (Å²) in [6.07, 6.45) is 2.09. The molecule has 1 atom stereocenters. The fourth-order valence-electron chi connectivity index (χ4n) is 1.75. The van der Waals surface area contributed by atoms with E-state index in [2.05, 4.69) is 35.1 Å². The molecule has 0 bridgehead atoms. The number of rotatable bonds is 8. The predicted molar refractivity (Wildman–Crippen MR) is 82.9 cm³/mol. The van der Waals surface area contributed by atoms with Crippen molar-refractivity contribution in [3.05, 3.63) is 34.1 Å². The van der Waals surface area contributed by atoms with Gasteiger partial charge in [-0.05, 0) is 58.8 Å². The molecule has 1 aromatic rings. The van der Waals surface area contributed by atoms with Gasteiger partial charge in [-0.3, -0.25) is 0 Å². The van der Waals surface area contributed by atoms with Gasteiger partial charge in [0.05, 0.1) is 4.47 Å². The largest absolute Gasteiger partial charge is 0.313 e. The van der Waals surface area contributed by atoms with E-state index in [1.165, 1.54) is 11.6 Å². The van der Waals surface area contributed by atoms with Crippen molar-refractivity contribution in [2.75, 3.05) is 18.1 Å². The molecular weight excluding hydrogens is 313 g/mol. The van der Waals surface area contributed by atoms with Gasteiger partial charge in [0.1, 0.15) is 5.82 Å². The van der Waals surface area contributed by atoms with Crippen molar-refractivity contribution in [1.82, 2.24) is 5.32 Å². The van der Waals surface area contributed by atoms with E-state index in [0.29, 0.717) is 10.5 Å². The Kier molecular flexibility index (Phi) is 7.95. The van der Waals surface area contributed by atoms with Crippen LogP contribution in [0.25, 0.3) is 0 Å². The van der Waals surface area contributed by atoms with Gasteiger partial charge in [0.25, 0.3) is 0 Å². The highest BCUT2D eigenvalue weighted by Crippen LogP contribution is 2.18. The topological polar surface area (TPSA) is 12.0 Å². The molecule has 0 saturated heterocycles. The van der Waals surface area contributed by atoms with Gasteiger partial charge in [-0.25, -0.2) is 4.39 Å². The molecule has 1 rings (SSSR count). The molecule has 0 spiro atoms. The third-order valence-electron chi connectivity index (χ3n) is 2.67. The molecule has 0 heterocycles. The minimum absolute atomic E-state index is 0.195. The fourth-order valence-corrected chi connectivity index (χ4v) is 2.93. The standard InChI is InChI=1S/C14H21BrFNS/c1-3-7-17-12(10-18-4-2)8-11-5-6-14(16)13(15)9-11/h5-6,9,12,17H,3-4,7-8,10H2,1-2H3. The lowest BCUT2D eigenvalue weighted by molar-refractivity contribution is 0.549. The Morgan fingerprint density at radius 3 is 2.78 bits per heavy atom. The van der Waals surface area contributed by atoms with Gasteiger partial charge < -0.3 is 5.32 Å². The number of nitrogens with one attached hydrogen (secondary N) is 1. The summed E-state index contributed by atoms with van der Waals surface area (Å²) in [5.74, 6) is 2.04. The first-order valence-corrected chi connectivity index (χ1v) is 8.37. The van der Waals surface area contributed by atoms with Crippen LogP contribution in [0.4, 0.5) is 4.39 Å². The summed E-state index contributed by atoms with van der Waals surface area (Å²) in [5, 5.41) is 3.56. The highest BCUT2D eigenvalue weighted by Gasteiger charge is 2.10. The minimum Gasteiger partial charge on any atom is -0.313 e. The smallest absolute Gasteiger partial charge is 0.137 e. The van der Waals surface area contributed by atoms with Crippen molar-refractivity contribution in [2.45, 2.75) is 32.7 Å². The van der Waals surface area contributed by atoms with Crippen molar-refractivity contribution in [2.24, 2.45) is 0 Å². The van der Waals surface area contributed by atoms with Gasteiger partial charge in [-0.2, -0.15) is 11.8 Å². The summed E-state index contributed by atoms with van der Waals surface area (Å²) in [6, 6.07) is 5.75. The molecule has 1 unspecified atom stereocenters. The molecule has 102 valence electrons. The van der Waals surface area contributed by atoms with Gasteiger partial charge in [-0.15, -0.1) is 0 Å². The highest BCUT2D eigenvalue weighted by molar-refractivity contribution is 9.10. The van der Waals surface area contributed by atoms with Crippen LogP contribution in [0.1, 0.15) is 25.8 Å². The van der Waals surface area contributed by atoms with E-state index in [0.717, 1.165) is 30.9 Å². The van der Waals surface area contributed by atoms with Crippen LogP contribution >= 0.6 is 27.7 Å². The fraction of sp³-hybridized carbons (Fsp3) is 0.571. The summed E-state index contributed by atoms with van der Waals surface area (Å²) in [6.45, 7) is 5.39. The van der Waals surface area contributed by atoms with Crippen LogP contribution in [0.5, 0.6) is 0 Å². The third-order valence-corrected chi connectivity index (χ3v) is 4.33. The third kappa shape index (κ3) is 5.72. The quantitative estimate of drug-likeness (QED) is 0.763. The zero-order chi connectivity index (χ0) is 13.4. The Bertz CT molecular complexity index is 352. The summed E-state index contributed by atoms with van der Waals surface area (Å²) < 4.78 is 13.7. The molecule has 0 amide bonds. The van der Waals surface area contributed by atoms with Gasteiger partial charge >= 0.3 is 0 Å². The van der Waals surface area contributed by atoms with Crippen LogP contribution in [0, 0.1) is 5.82 Å². The summed E-state index contributed by atoms with van der Waals surface area (Å²) in [7, 11) is 0. The van der Waals surface area contributed by atoms with Crippen molar-refractivity contribution < 1.29 is 4.39 Å². The lowest BCUT2D eigenvalue weighted by Crippen LogP contribution is -2.34. The maximum Gasteiger partial charge on any atom is 0.137 e. The Hall–Kier alpha value is -0.0600. The first-order valence-electron chi connectivity index (χ1n) is 6.42. The van der Waals surface area contributed by atoms with Gasteiger partial charge in [0.15, 0.2) is 0 Å². The van der Waals surface area contributed by atoms with E-state index in [1.54, 1.807) is 0 Å². The lowest BCUT2D eigenvalue weighted by Gasteiger charge is -2.18. The zero-order valence-corrected chi connectivity index (χ0v) is 13.4. The van der Waals surface area contributed by atoms with E-state index < -0.39 is 0 Å². The first-order chi connectivity index (χ1) is 8.67. The molecule has 1 nitrogen and oxygen atoms in total. The Labute approximate surface area is 122 Å². The average molecular weight is 334 g/mol. The molecular formula is C14H21BrFNS. The summed E-state index contributed by atoms with van der Waals surface area (Å²) in [4.78, 5) is 0. The van der Waals surface area contributed by atoms with Gasteiger partial charge in [0, 0.05) is 11.8 Å². The molecule has 0 aliphatic carbocycles. The average Bonchev–Trinajstić information content (AvgIpc) is 2.37. The Balaban J connectivity index is 2.59. The lowest BCUT2D eigenvalue weighted by atomic mass is 10.1. The van der Waals surface area contributed by atoms with Crippen molar-refractivity contribution in [3.8, 4) is 0 Å². The molecule has 0 aliphatic rings. The molecule has 18 heavy (non-hydrogen) atoms. The van der Waals surface area contributed by atoms with Crippen molar-refractivity contribution in [1.29, 1.82) is 0 Å². The normalized spacial score (nSPS) is 12.7. The van der Waals surface area contributed by atoms with Crippen LogP contribution in [-0.4, -0.2) is 24.1 Å². The molecule has 0 radical (unpaired) electrons. The number of thioether (sulfide) groups is 1. The Morgan fingerprint density at radius 2 is 2.17 bits per heavy atom. The summed E-state index contributed by atoms with van der Waals surface area (Å²) >= 11 is 5.19. The van der Waals surface area contributed by atoms with Crippen LogP contribution in [0.3, 0.4) is 0 Å². The number of hydrogen-bond acceptors (Lipinski definition) is 2. The van der Waals surface area contributed by atoms with Crippen LogP contribution < -0.4 is 5.32 Å².